The molecule has 0 aliphatic heterocycles. The Morgan fingerprint density at radius 2 is 2.00 bits per heavy atom. The Hall–Kier alpha value is -3.13. The molecule has 132 valence electrons. The number of anilines is 2. The molecule has 0 saturated heterocycles. The van der Waals surface area contributed by atoms with Gasteiger partial charge in [-0.1, -0.05) is 18.2 Å². The second-order valence-corrected chi connectivity index (χ2v) is 5.33. The molecule has 0 spiro atoms. The molecular formula is C17H19N3O5. The number of ether oxygens (including phenoxy) is 1. The molecule has 0 radical (unpaired) electrons. The lowest BCUT2D eigenvalue weighted by Crippen LogP contribution is -2.26. The first kappa shape index (κ1) is 18.2. The molecule has 2 rings (SSSR count). The van der Waals surface area contributed by atoms with Crippen LogP contribution in [0.15, 0.2) is 48.5 Å². The minimum absolute atomic E-state index is 0.0375. The van der Waals surface area contributed by atoms with E-state index in [1.807, 2.05) is 30.3 Å². The number of para-hydroxylation sites is 1. The lowest BCUT2D eigenvalue weighted by atomic mass is 10.2. The number of hydrogen-bond acceptors (Lipinski definition) is 6. The number of non-ortho nitro benzene ring substituents is 1. The van der Waals surface area contributed by atoms with Crippen molar-refractivity contribution < 1.29 is 19.6 Å². The van der Waals surface area contributed by atoms with E-state index in [1.54, 1.807) is 0 Å². The van der Waals surface area contributed by atoms with Crippen LogP contribution in [0.25, 0.3) is 0 Å². The van der Waals surface area contributed by atoms with E-state index in [9.17, 15) is 20.0 Å². The first-order chi connectivity index (χ1) is 12.0. The van der Waals surface area contributed by atoms with Gasteiger partial charge in [0.2, 0.25) is 5.91 Å². The number of nitro benzene ring substituents is 1. The van der Waals surface area contributed by atoms with Crippen LogP contribution < -0.4 is 15.4 Å². The molecule has 8 heteroatoms. The number of carbonyl (C=O) groups is 1. The molecule has 2 aromatic carbocycles. The molecule has 1 unspecified atom stereocenters. The number of carbonyl (C=O) groups excluding carboxylic acids is 1. The number of amides is 1. The van der Waals surface area contributed by atoms with Gasteiger partial charge in [-0.3, -0.25) is 14.9 Å². The van der Waals surface area contributed by atoms with Crippen LogP contribution >= 0.6 is 0 Å². The molecule has 0 aliphatic rings. The van der Waals surface area contributed by atoms with Crippen molar-refractivity contribution in [1.82, 2.24) is 0 Å². The minimum atomic E-state index is -0.805. The number of aliphatic hydroxyl groups excluding tert-OH is 1. The second-order valence-electron chi connectivity index (χ2n) is 5.33. The summed E-state index contributed by atoms with van der Waals surface area (Å²) in [5, 5.41) is 26.4. The average Bonchev–Trinajstić information content (AvgIpc) is 2.59. The maximum Gasteiger partial charge on any atom is 0.271 e. The van der Waals surface area contributed by atoms with Gasteiger partial charge in [0.25, 0.3) is 5.69 Å². The summed E-state index contributed by atoms with van der Waals surface area (Å²) in [5.41, 5.74) is 0.892. The van der Waals surface area contributed by atoms with Crippen molar-refractivity contribution in [2.75, 3.05) is 23.8 Å². The van der Waals surface area contributed by atoms with Crippen LogP contribution in [-0.4, -0.2) is 35.2 Å². The number of nitrogens with zero attached hydrogens (tertiary/aromatic N) is 1. The third-order valence-electron chi connectivity index (χ3n) is 3.23. The normalized spacial score (nSPS) is 11.4. The van der Waals surface area contributed by atoms with Crippen molar-refractivity contribution in [3.63, 3.8) is 0 Å². The maximum absolute atomic E-state index is 11.2. The van der Waals surface area contributed by atoms with Gasteiger partial charge >= 0.3 is 0 Å². The zero-order valence-electron chi connectivity index (χ0n) is 13.6. The Kier molecular flexibility index (Phi) is 6.30. The van der Waals surface area contributed by atoms with Crippen LogP contribution in [0.2, 0.25) is 0 Å². The van der Waals surface area contributed by atoms with Crippen molar-refractivity contribution in [2.24, 2.45) is 0 Å². The van der Waals surface area contributed by atoms with Gasteiger partial charge in [-0.2, -0.15) is 0 Å². The molecule has 0 aliphatic carbocycles. The smallest absolute Gasteiger partial charge is 0.271 e. The number of hydrogen-bond donors (Lipinski definition) is 3. The fourth-order valence-electron chi connectivity index (χ4n) is 2.08. The van der Waals surface area contributed by atoms with E-state index in [2.05, 4.69) is 10.6 Å². The predicted molar refractivity (Wildman–Crippen MR) is 93.8 cm³/mol. The van der Waals surface area contributed by atoms with Gasteiger partial charge < -0.3 is 20.5 Å². The predicted octanol–water partition coefficient (Wildman–Crippen LogP) is 2.41. The van der Waals surface area contributed by atoms with Gasteiger partial charge in [-0.05, 0) is 18.2 Å². The van der Waals surface area contributed by atoms with Crippen molar-refractivity contribution in [3.8, 4) is 5.75 Å². The molecule has 0 aromatic heterocycles. The fraction of sp³-hybridized carbons (Fsp3) is 0.235. The zero-order valence-corrected chi connectivity index (χ0v) is 13.6. The Bertz CT molecular complexity index is 736. The number of benzene rings is 2. The lowest BCUT2D eigenvalue weighted by molar-refractivity contribution is -0.384. The van der Waals surface area contributed by atoms with Crippen molar-refractivity contribution in [2.45, 2.75) is 13.0 Å². The largest absolute Gasteiger partial charge is 0.489 e. The van der Waals surface area contributed by atoms with Crippen LogP contribution in [-0.2, 0) is 4.79 Å². The van der Waals surface area contributed by atoms with Crippen LogP contribution in [0.3, 0.4) is 0 Å². The summed E-state index contributed by atoms with van der Waals surface area (Å²) in [7, 11) is 0. The highest BCUT2D eigenvalue weighted by Crippen LogP contribution is 2.29. The standard InChI is InChI=1S/C17H19N3O5/c1-12(21)19-16-9-14(20(23)24)7-8-17(16)25-11-15(22)10-18-13-5-3-2-4-6-13/h2-9,15,18,22H,10-11H2,1H3,(H,19,21). The highest BCUT2D eigenvalue weighted by Gasteiger charge is 2.14. The average molecular weight is 345 g/mol. The van der Waals surface area contributed by atoms with Crippen LogP contribution in [0.5, 0.6) is 5.75 Å². The first-order valence-electron chi connectivity index (χ1n) is 7.61. The van der Waals surface area contributed by atoms with Crippen LogP contribution in [0.1, 0.15) is 6.92 Å². The molecule has 0 heterocycles. The number of rotatable bonds is 8. The Morgan fingerprint density at radius 1 is 1.28 bits per heavy atom. The monoisotopic (exact) mass is 345 g/mol. The molecule has 0 saturated carbocycles. The Labute approximate surface area is 144 Å². The van der Waals surface area contributed by atoms with E-state index in [0.29, 0.717) is 0 Å². The molecule has 2 aromatic rings. The van der Waals surface area contributed by atoms with E-state index < -0.39 is 11.0 Å². The molecule has 25 heavy (non-hydrogen) atoms. The van der Waals surface area contributed by atoms with Crippen molar-refractivity contribution >= 4 is 23.0 Å². The Balaban J connectivity index is 1.96. The van der Waals surface area contributed by atoms with Gasteiger partial charge in [0.05, 0.1) is 10.6 Å². The fourth-order valence-corrected chi connectivity index (χ4v) is 2.08. The summed E-state index contributed by atoms with van der Waals surface area (Å²) < 4.78 is 5.50. The zero-order chi connectivity index (χ0) is 18.2. The molecule has 0 bridgehead atoms. The summed E-state index contributed by atoms with van der Waals surface area (Å²) in [6.45, 7) is 1.53. The molecule has 8 nitrogen and oxygen atoms in total. The summed E-state index contributed by atoms with van der Waals surface area (Å²) >= 11 is 0. The van der Waals surface area contributed by atoms with Gasteiger partial charge in [-0.15, -0.1) is 0 Å². The van der Waals surface area contributed by atoms with Crippen molar-refractivity contribution in [1.29, 1.82) is 0 Å². The summed E-state index contributed by atoms with van der Waals surface area (Å²) in [4.78, 5) is 21.5. The minimum Gasteiger partial charge on any atom is -0.489 e. The number of nitro groups is 1. The van der Waals surface area contributed by atoms with E-state index >= 15 is 0 Å². The highest BCUT2D eigenvalue weighted by atomic mass is 16.6. The van der Waals surface area contributed by atoms with Gasteiger partial charge in [-0.25, -0.2) is 0 Å². The topological polar surface area (TPSA) is 114 Å². The lowest BCUT2D eigenvalue weighted by Gasteiger charge is -2.16. The van der Waals surface area contributed by atoms with E-state index in [-0.39, 0.29) is 36.2 Å². The van der Waals surface area contributed by atoms with Crippen molar-refractivity contribution in [3.05, 3.63) is 58.6 Å². The van der Waals surface area contributed by atoms with Crippen LogP contribution in [0.4, 0.5) is 17.1 Å². The SMILES string of the molecule is CC(=O)Nc1cc([N+](=O)[O-])ccc1OCC(O)CNc1ccccc1. The molecule has 3 N–H and O–H groups in total. The van der Waals surface area contributed by atoms with Gasteiger partial charge in [0, 0.05) is 31.3 Å². The first-order valence-corrected chi connectivity index (χ1v) is 7.61. The highest BCUT2D eigenvalue weighted by molar-refractivity contribution is 5.90. The van der Waals surface area contributed by atoms with E-state index in [4.69, 9.17) is 4.74 Å². The quantitative estimate of drug-likeness (QED) is 0.500. The molecule has 1 amide bonds. The summed E-state index contributed by atoms with van der Waals surface area (Å²) in [5.74, 6) is -0.129. The number of nitrogens with one attached hydrogen (secondary N) is 2. The second kappa shape index (κ2) is 8.65. The third-order valence-corrected chi connectivity index (χ3v) is 3.23. The Morgan fingerprint density at radius 3 is 2.64 bits per heavy atom. The van der Waals surface area contributed by atoms with Crippen LogP contribution in [0, 0.1) is 10.1 Å². The van der Waals surface area contributed by atoms with Gasteiger partial charge in [0.1, 0.15) is 18.5 Å². The van der Waals surface area contributed by atoms with E-state index in [1.165, 1.54) is 25.1 Å². The molecular weight excluding hydrogens is 326 g/mol. The molecule has 1 atom stereocenters. The summed E-state index contributed by atoms with van der Waals surface area (Å²) in [6, 6.07) is 13.3. The third kappa shape index (κ3) is 5.78. The maximum atomic E-state index is 11.2. The van der Waals surface area contributed by atoms with Gasteiger partial charge in [0.15, 0.2) is 0 Å². The summed E-state index contributed by atoms with van der Waals surface area (Å²) in [6.07, 6.45) is -0.805. The molecule has 0 fully saturated rings. The van der Waals surface area contributed by atoms with E-state index in [0.717, 1.165) is 5.69 Å². The number of aliphatic hydroxyl groups is 1.